The summed E-state index contributed by atoms with van der Waals surface area (Å²) in [6, 6.07) is 21.4. The number of amides is 1. The van der Waals surface area contributed by atoms with Crippen molar-refractivity contribution in [3.63, 3.8) is 0 Å². The van der Waals surface area contributed by atoms with Gasteiger partial charge < -0.3 is 14.4 Å². The van der Waals surface area contributed by atoms with Crippen molar-refractivity contribution in [2.45, 2.75) is 19.9 Å². The fourth-order valence-electron chi connectivity index (χ4n) is 3.63. The molecule has 0 fully saturated rings. The Morgan fingerprint density at radius 3 is 2.30 bits per heavy atom. The summed E-state index contributed by atoms with van der Waals surface area (Å²) in [5.74, 6) is 0.256. The van der Waals surface area contributed by atoms with Crippen molar-refractivity contribution in [2.24, 2.45) is 5.10 Å². The number of aryl methyl sites for hydroxylation is 1. The number of phenols is 1. The van der Waals surface area contributed by atoms with Crippen molar-refractivity contribution in [1.82, 2.24) is 9.99 Å². The number of fused-ring (bicyclic) bond motifs is 3. The number of nitrogens with one attached hydrogen (secondary N) is 1. The average Bonchev–Trinajstić information content (AvgIpc) is 3.10. The van der Waals surface area contributed by atoms with Crippen molar-refractivity contribution in [2.75, 3.05) is 7.11 Å². The van der Waals surface area contributed by atoms with Crippen LogP contribution in [0.5, 0.6) is 11.5 Å². The van der Waals surface area contributed by atoms with Crippen LogP contribution in [-0.4, -0.2) is 28.4 Å². The number of aromatic hydroxyl groups is 1. The molecular formula is C24H23N3O3. The van der Waals surface area contributed by atoms with E-state index < -0.39 is 0 Å². The maximum Gasteiger partial charge on any atom is 0.241 e. The normalized spacial score (nSPS) is 11.7. The van der Waals surface area contributed by atoms with E-state index in [1.807, 2.05) is 24.3 Å². The van der Waals surface area contributed by atoms with E-state index in [9.17, 15) is 9.90 Å². The number of phenolic OH excluding ortho intramolecular Hbond substituents is 1. The van der Waals surface area contributed by atoms with Crippen LogP contribution < -0.4 is 10.2 Å². The molecule has 1 aromatic heterocycles. The van der Waals surface area contributed by atoms with Crippen molar-refractivity contribution >= 4 is 33.4 Å². The molecule has 2 N–H and O–H groups in total. The number of hydrogen-bond acceptors (Lipinski definition) is 4. The van der Waals surface area contributed by atoms with Crippen molar-refractivity contribution in [3.8, 4) is 11.5 Å². The topological polar surface area (TPSA) is 75.8 Å². The number of ether oxygens (including phenoxy) is 1. The summed E-state index contributed by atoms with van der Waals surface area (Å²) in [6.45, 7) is 2.35. The van der Waals surface area contributed by atoms with Crippen molar-refractivity contribution in [1.29, 1.82) is 0 Å². The first-order valence-corrected chi connectivity index (χ1v) is 9.75. The standard InChI is InChI=1S/C24H23N3O3/c1-16(17-11-12-22(28)23(15-17)30-2)25-26-24(29)13-14-27-20-9-5-3-7-18(20)19-8-4-6-10-21(19)27/h3-12,15,28H,13-14H2,1-2H3,(H,26,29)/b25-16+. The van der Waals surface area contributed by atoms with Crippen LogP contribution >= 0.6 is 0 Å². The predicted molar refractivity (Wildman–Crippen MR) is 119 cm³/mol. The lowest BCUT2D eigenvalue weighted by Crippen LogP contribution is -2.20. The van der Waals surface area contributed by atoms with Gasteiger partial charge in [-0.05, 0) is 37.3 Å². The summed E-state index contributed by atoms with van der Waals surface area (Å²) < 4.78 is 7.29. The van der Waals surface area contributed by atoms with Crippen molar-refractivity contribution < 1.29 is 14.6 Å². The lowest BCUT2D eigenvalue weighted by Gasteiger charge is -2.08. The van der Waals surface area contributed by atoms with Gasteiger partial charge in [-0.2, -0.15) is 5.10 Å². The van der Waals surface area contributed by atoms with E-state index in [2.05, 4.69) is 39.4 Å². The second-order valence-corrected chi connectivity index (χ2v) is 7.05. The van der Waals surface area contributed by atoms with Gasteiger partial charge in [-0.3, -0.25) is 4.79 Å². The predicted octanol–water partition coefficient (Wildman–Crippen LogP) is 4.44. The number of aromatic nitrogens is 1. The Labute approximate surface area is 174 Å². The molecule has 0 radical (unpaired) electrons. The van der Waals surface area contributed by atoms with Crippen molar-refractivity contribution in [3.05, 3.63) is 72.3 Å². The number of rotatable bonds is 6. The van der Waals surface area contributed by atoms with E-state index >= 15 is 0 Å². The molecule has 0 unspecified atom stereocenters. The van der Waals surface area contributed by atoms with E-state index in [0.29, 0.717) is 24.4 Å². The molecular weight excluding hydrogens is 378 g/mol. The van der Waals surface area contributed by atoms with Gasteiger partial charge in [-0.25, -0.2) is 5.43 Å². The summed E-state index contributed by atoms with van der Waals surface area (Å²) in [6.07, 6.45) is 0.304. The van der Waals surface area contributed by atoms with Crippen LogP contribution in [0.25, 0.3) is 21.8 Å². The summed E-state index contributed by atoms with van der Waals surface area (Å²) in [7, 11) is 1.49. The zero-order chi connectivity index (χ0) is 21.1. The Kier molecular flexibility index (Phi) is 5.39. The molecule has 0 bridgehead atoms. The van der Waals surface area contributed by atoms with Gasteiger partial charge in [0.05, 0.1) is 12.8 Å². The number of hydrazone groups is 1. The van der Waals surface area contributed by atoms with Crippen LogP contribution in [0.3, 0.4) is 0 Å². The number of para-hydroxylation sites is 2. The second kappa shape index (κ2) is 8.29. The highest BCUT2D eigenvalue weighted by Gasteiger charge is 2.11. The van der Waals surface area contributed by atoms with Gasteiger partial charge in [-0.1, -0.05) is 36.4 Å². The monoisotopic (exact) mass is 401 g/mol. The molecule has 1 heterocycles. The van der Waals surface area contributed by atoms with Gasteiger partial charge in [0.1, 0.15) is 0 Å². The number of methoxy groups -OCH3 is 1. The van der Waals surface area contributed by atoms with E-state index in [1.54, 1.807) is 19.1 Å². The molecule has 0 atom stereocenters. The zero-order valence-electron chi connectivity index (χ0n) is 16.9. The smallest absolute Gasteiger partial charge is 0.241 e. The van der Waals surface area contributed by atoms with Crippen LogP contribution in [0.1, 0.15) is 18.9 Å². The minimum absolute atomic E-state index is 0.0595. The number of benzene rings is 3. The molecule has 0 aliphatic heterocycles. The summed E-state index contributed by atoms with van der Waals surface area (Å²) in [4.78, 5) is 12.4. The fourth-order valence-corrected chi connectivity index (χ4v) is 3.63. The lowest BCUT2D eigenvalue weighted by molar-refractivity contribution is -0.121. The van der Waals surface area contributed by atoms with E-state index in [-0.39, 0.29) is 11.7 Å². The van der Waals surface area contributed by atoms with Gasteiger partial charge in [0.25, 0.3) is 0 Å². The molecule has 6 heteroatoms. The minimum Gasteiger partial charge on any atom is -0.504 e. The highest BCUT2D eigenvalue weighted by atomic mass is 16.5. The highest BCUT2D eigenvalue weighted by Crippen LogP contribution is 2.29. The average molecular weight is 401 g/mol. The van der Waals surface area contributed by atoms with Crippen LogP contribution in [0.2, 0.25) is 0 Å². The van der Waals surface area contributed by atoms with Gasteiger partial charge in [0.15, 0.2) is 11.5 Å². The molecule has 0 saturated carbocycles. The maximum absolute atomic E-state index is 12.4. The Bertz CT molecular complexity index is 1200. The Balaban J connectivity index is 1.48. The Morgan fingerprint density at radius 1 is 1.03 bits per heavy atom. The summed E-state index contributed by atoms with van der Waals surface area (Å²) >= 11 is 0. The van der Waals surface area contributed by atoms with Crippen LogP contribution in [0.4, 0.5) is 0 Å². The molecule has 30 heavy (non-hydrogen) atoms. The number of hydrogen-bond donors (Lipinski definition) is 2. The fraction of sp³-hybridized carbons (Fsp3) is 0.167. The largest absolute Gasteiger partial charge is 0.504 e. The van der Waals surface area contributed by atoms with Gasteiger partial charge >= 0.3 is 0 Å². The van der Waals surface area contributed by atoms with Crippen LogP contribution in [0, 0.1) is 0 Å². The second-order valence-electron chi connectivity index (χ2n) is 7.05. The molecule has 0 aliphatic carbocycles. The summed E-state index contributed by atoms with van der Waals surface area (Å²) in [5.41, 5.74) is 6.23. The Morgan fingerprint density at radius 2 is 1.67 bits per heavy atom. The first kappa shape index (κ1) is 19.5. The molecule has 3 aromatic carbocycles. The third-order valence-corrected chi connectivity index (χ3v) is 5.19. The van der Waals surface area contributed by atoms with Crippen LogP contribution in [0.15, 0.2) is 71.8 Å². The Hall–Kier alpha value is -3.80. The van der Waals surface area contributed by atoms with E-state index in [0.717, 1.165) is 16.6 Å². The molecule has 4 rings (SSSR count). The molecule has 0 saturated heterocycles. The van der Waals surface area contributed by atoms with E-state index in [4.69, 9.17) is 4.74 Å². The number of carbonyl (C=O) groups excluding carboxylic acids is 1. The first-order valence-electron chi connectivity index (χ1n) is 9.75. The maximum atomic E-state index is 12.4. The molecule has 4 aromatic rings. The lowest BCUT2D eigenvalue weighted by atomic mass is 10.1. The van der Waals surface area contributed by atoms with E-state index in [1.165, 1.54) is 23.9 Å². The first-order chi connectivity index (χ1) is 14.6. The van der Waals surface area contributed by atoms with Crippen LogP contribution in [-0.2, 0) is 11.3 Å². The quantitative estimate of drug-likeness (QED) is 0.370. The number of carbonyl (C=O) groups is 1. The zero-order valence-corrected chi connectivity index (χ0v) is 16.9. The third kappa shape index (κ3) is 3.72. The molecule has 152 valence electrons. The molecule has 1 amide bonds. The highest BCUT2D eigenvalue weighted by molar-refractivity contribution is 6.08. The van der Waals surface area contributed by atoms with Gasteiger partial charge in [0, 0.05) is 40.3 Å². The number of nitrogens with zero attached hydrogens (tertiary/aromatic N) is 2. The third-order valence-electron chi connectivity index (χ3n) is 5.19. The summed E-state index contributed by atoms with van der Waals surface area (Å²) in [5, 5.41) is 16.3. The molecule has 0 spiro atoms. The SMILES string of the molecule is COc1cc(/C(C)=N/NC(=O)CCn2c3ccccc3c3ccccc32)ccc1O. The minimum atomic E-state index is -0.165. The molecule has 6 nitrogen and oxygen atoms in total. The molecule has 0 aliphatic rings. The van der Waals surface area contributed by atoms with Gasteiger partial charge in [-0.15, -0.1) is 0 Å². The van der Waals surface area contributed by atoms with Gasteiger partial charge in [0.2, 0.25) is 5.91 Å².